The highest BCUT2D eigenvalue weighted by atomic mass is 32.2. The highest BCUT2D eigenvalue weighted by molar-refractivity contribution is 7.93. The summed E-state index contributed by atoms with van der Waals surface area (Å²) < 4.78 is 17.0. The largest absolute Gasteiger partial charge is 0.317 e. The van der Waals surface area contributed by atoms with Crippen LogP contribution in [0.25, 0.3) is 0 Å². The second kappa shape index (κ2) is 4.97. The van der Waals surface area contributed by atoms with Crippen molar-refractivity contribution in [2.24, 2.45) is 4.36 Å². The summed E-state index contributed by atoms with van der Waals surface area (Å²) in [5.74, 6) is 0. The highest BCUT2D eigenvalue weighted by Gasteiger charge is 2.14. The Bertz CT molecular complexity index is 443. The van der Waals surface area contributed by atoms with Crippen molar-refractivity contribution in [3.05, 3.63) is 30.3 Å². The van der Waals surface area contributed by atoms with Crippen LogP contribution in [0.3, 0.4) is 0 Å². The van der Waals surface area contributed by atoms with Gasteiger partial charge >= 0.3 is 0 Å². The van der Waals surface area contributed by atoms with Gasteiger partial charge < -0.3 is 5.32 Å². The van der Waals surface area contributed by atoms with Gasteiger partial charge in [0.1, 0.15) is 0 Å². The molecule has 1 N–H and O–H groups in total. The Balaban J connectivity index is 2.24. The Morgan fingerprint density at radius 2 is 1.88 bits per heavy atom. The molecule has 0 aromatic heterocycles. The summed E-state index contributed by atoms with van der Waals surface area (Å²) >= 11 is 0. The van der Waals surface area contributed by atoms with Crippen molar-refractivity contribution >= 4 is 9.73 Å². The topological polar surface area (TPSA) is 41.5 Å². The minimum Gasteiger partial charge on any atom is -0.317 e. The Labute approximate surface area is 97.4 Å². The molecule has 1 saturated heterocycles. The van der Waals surface area contributed by atoms with E-state index in [0.717, 1.165) is 30.8 Å². The van der Waals surface area contributed by atoms with Crippen LogP contribution in [0.5, 0.6) is 0 Å². The Kier molecular flexibility index (Phi) is 3.61. The summed E-state index contributed by atoms with van der Waals surface area (Å²) in [5.41, 5.74) is 0. The van der Waals surface area contributed by atoms with Crippen molar-refractivity contribution < 1.29 is 4.21 Å². The summed E-state index contributed by atoms with van der Waals surface area (Å²) in [6.45, 7) is 1.97. The van der Waals surface area contributed by atoms with E-state index in [-0.39, 0.29) is 6.04 Å². The lowest BCUT2D eigenvalue weighted by Crippen LogP contribution is -2.30. The maximum absolute atomic E-state index is 12.5. The van der Waals surface area contributed by atoms with E-state index < -0.39 is 9.73 Å². The van der Waals surface area contributed by atoms with Gasteiger partial charge in [0.2, 0.25) is 0 Å². The monoisotopic (exact) mass is 238 g/mol. The van der Waals surface area contributed by atoms with Gasteiger partial charge in [-0.2, -0.15) is 0 Å². The molecule has 1 fully saturated rings. The molecule has 4 heteroatoms. The Morgan fingerprint density at radius 1 is 1.25 bits per heavy atom. The van der Waals surface area contributed by atoms with E-state index in [9.17, 15) is 4.21 Å². The molecular weight excluding hydrogens is 220 g/mol. The molecule has 1 atom stereocenters. The lowest BCUT2D eigenvalue weighted by molar-refractivity contribution is 0.461. The molecule has 1 heterocycles. The summed E-state index contributed by atoms with van der Waals surface area (Å²) in [6.07, 6.45) is 3.74. The fourth-order valence-corrected chi connectivity index (χ4v) is 3.49. The van der Waals surface area contributed by atoms with Crippen LogP contribution in [0, 0.1) is 0 Å². The first-order valence-corrected chi connectivity index (χ1v) is 7.58. The maximum Gasteiger partial charge on any atom is 0.0725 e. The van der Waals surface area contributed by atoms with E-state index in [2.05, 4.69) is 9.68 Å². The standard InChI is InChI=1S/C12H18N2OS/c1-16(15,12-5-3-2-4-6-12)14-11-7-9-13-10-8-11/h2-6,11,13H,7-10H2,1H3. The van der Waals surface area contributed by atoms with Crippen LogP contribution in [-0.4, -0.2) is 29.6 Å². The van der Waals surface area contributed by atoms with E-state index in [1.54, 1.807) is 6.26 Å². The number of piperidine rings is 1. The Morgan fingerprint density at radius 3 is 2.50 bits per heavy atom. The minimum atomic E-state index is -2.21. The maximum atomic E-state index is 12.5. The molecule has 1 aromatic carbocycles. The fraction of sp³-hybridized carbons (Fsp3) is 0.500. The third-order valence-electron chi connectivity index (χ3n) is 2.84. The molecule has 88 valence electrons. The zero-order valence-corrected chi connectivity index (χ0v) is 10.4. The van der Waals surface area contributed by atoms with Gasteiger partial charge in [-0.3, -0.25) is 0 Å². The van der Waals surface area contributed by atoms with Crippen LogP contribution in [0.1, 0.15) is 12.8 Å². The SMILES string of the molecule is CS(=O)(=NC1CCNCC1)c1ccccc1. The molecule has 3 nitrogen and oxygen atoms in total. The smallest absolute Gasteiger partial charge is 0.0725 e. The van der Waals surface area contributed by atoms with Gasteiger partial charge in [0, 0.05) is 11.2 Å². The number of rotatable bonds is 2. The van der Waals surface area contributed by atoms with Gasteiger partial charge in [-0.05, 0) is 38.1 Å². The summed E-state index contributed by atoms with van der Waals surface area (Å²) in [5, 5.41) is 3.29. The zero-order valence-electron chi connectivity index (χ0n) is 9.56. The van der Waals surface area contributed by atoms with Crippen molar-refractivity contribution in [2.45, 2.75) is 23.8 Å². The molecule has 16 heavy (non-hydrogen) atoms. The minimum absolute atomic E-state index is 0.249. The highest BCUT2D eigenvalue weighted by Crippen LogP contribution is 2.16. The molecule has 0 aliphatic carbocycles. The lowest BCUT2D eigenvalue weighted by Gasteiger charge is -2.20. The molecular formula is C12H18N2OS. The average molecular weight is 238 g/mol. The quantitative estimate of drug-likeness (QED) is 0.855. The van der Waals surface area contributed by atoms with Crippen molar-refractivity contribution in [3.63, 3.8) is 0 Å². The first kappa shape index (κ1) is 11.6. The van der Waals surface area contributed by atoms with Gasteiger partial charge in [-0.15, -0.1) is 0 Å². The average Bonchev–Trinajstić information content (AvgIpc) is 2.31. The van der Waals surface area contributed by atoms with Gasteiger partial charge in [0.25, 0.3) is 0 Å². The van der Waals surface area contributed by atoms with Crippen molar-refractivity contribution in [1.82, 2.24) is 5.32 Å². The molecule has 0 amide bonds. The van der Waals surface area contributed by atoms with Gasteiger partial charge in [0.05, 0.1) is 15.8 Å². The third-order valence-corrected chi connectivity index (χ3v) is 4.69. The number of hydrogen-bond donors (Lipinski definition) is 1. The van der Waals surface area contributed by atoms with Crippen molar-refractivity contribution in [2.75, 3.05) is 19.3 Å². The number of hydrogen-bond acceptors (Lipinski definition) is 3. The van der Waals surface area contributed by atoms with Crippen LogP contribution in [0.15, 0.2) is 39.6 Å². The van der Waals surface area contributed by atoms with Gasteiger partial charge in [0.15, 0.2) is 0 Å². The second-order valence-electron chi connectivity index (χ2n) is 4.20. The van der Waals surface area contributed by atoms with Gasteiger partial charge in [-0.1, -0.05) is 18.2 Å². The summed E-state index contributed by atoms with van der Waals surface area (Å²) in [4.78, 5) is 0.841. The molecule has 1 unspecified atom stereocenters. The van der Waals surface area contributed by atoms with Crippen molar-refractivity contribution in [3.8, 4) is 0 Å². The zero-order chi connectivity index (χ0) is 11.4. The van der Waals surface area contributed by atoms with Crippen LogP contribution in [0.2, 0.25) is 0 Å². The number of benzene rings is 1. The second-order valence-corrected chi connectivity index (χ2v) is 6.49. The molecule has 0 spiro atoms. The number of nitrogens with one attached hydrogen (secondary N) is 1. The summed E-state index contributed by atoms with van der Waals surface area (Å²) in [7, 11) is -2.21. The van der Waals surface area contributed by atoms with E-state index >= 15 is 0 Å². The van der Waals surface area contributed by atoms with Crippen molar-refractivity contribution in [1.29, 1.82) is 0 Å². The van der Waals surface area contributed by atoms with Gasteiger partial charge in [-0.25, -0.2) is 8.57 Å². The van der Waals surface area contributed by atoms with Crippen LogP contribution < -0.4 is 5.32 Å². The van der Waals surface area contributed by atoms with E-state index in [4.69, 9.17) is 0 Å². The summed E-state index contributed by atoms with van der Waals surface area (Å²) in [6, 6.07) is 9.80. The predicted octanol–water partition coefficient (Wildman–Crippen LogP) is 1.90. The molecule has 1 aliphatic heterocycles. The number of nitrogens with zero attached hydrogens (tertiary/aromatic N) is 1. The van der Waals surface area contributed by atoms with E-state index in [1.807, 2.05) is 30.3 Å². The predicted molar refractivity (Wildman–Crippen MR) is 67.1 cm³/mol. The Hall–Kier alpha value is -0.870. The first-order chi connectivity index (χ1) is 7.68. The lowest BCUT2D eigenvalue weighted by atomic mass is 10.1. The molecule has 1 aromatic rings. The van der Waals surface area contributed by atoms with E-state index in [0.29, 0.717) is 0 Å². The van der Waals surface area contributed by atoms with Crippen LogP contribution >= 0.6 is 0 Å². The molecule has 1 aliphatic rings. The van der Waals surface area contributed by atoms with E-state index in [1.165, 1.54) is 0 Å². The molecule has 0 bridgehead atoms. The fourth-order valence-electron chi connectivity index (χ4n) is 1.93. The third kappa shape index (κ3) is 2.83. The molecule has 0 saturated carbocycles. The first-order valence-electron chi connectivity index (χ1n) is 5.65. The molecule has 0 radical (unpaired) electrons. The van der Waals surface area contributed by atoms with Crippen LogP contribution in [0.4, 0.5) is 0 Å². The van der Waals surface area contributed by atoms with Crippen LogP contribution in [-0.2, 0) is 9.73 Å². The normalized spacial score (nSPS) is 21.3. The molecule has 2 rings (SSSR count).